The summed E-state index contributed by atoms with van der Waals surface area (Å²) in [5, 5.41) is 8.53. The van der Waals surface area contributed by atoms with Crippen LogP contribution in [0.15, 0.2) is 18.2 Å². The number of benzene rings is 1. The van der Waals surface area contributed by atoms with Crippen molar-refractivity contribution in [3.05, 3.63) is 23.8 Å². The van der Waals surface area contributed by atoms with Gasteiger partial charge in [-0.2, -0.15) is 0 Å². The molecule has 104 valence electrons. The molecule has 0 bridgehead atoms. The first-order chi connectivity index (χ1) is 9.08. The van der Waals surface area contributed by atoms with Gasteiger partial charge in [-0.05, 0) is 31.5 Å². The summed E-state index contributed by atoms with van der Waals surface area (Å²) in [5.41, 5.74) is 0.505. The third kappa shape index (κ3) is 4.62. The predicted molar refractivity (Wildman–Crippen MR) is 70.0 cm³/mol. The molecule has 1 N–H and O–H groups in total. The molecule has 1 aromatic rings. The van der Waals surface area contributed by atoms with E-state index in [4.69, 9.17) is 14.6 Å². The summed E-state index contributed by atoms with van der Waals surface area (Å²) in [5.74, 6) is 0.109. The van der Waals surface area contributed by atoms with Gasteiger partial charge in [0.05, 0.1) is 13.7 Å². The molecule has 0 aliphatic rings. The molecule has 0 fully saturated rings. The van der Waals surface area contributed by atoms with Crippen LogP contribution in [0.25, 0.3) is 0 Å². The van der Waals surface area contributed by atoms with Crippen molar-refractivity contribution in [2.45, 2.75) is 26.2 Å². The average Bonchev–Trinajstić information content (AvgIpc) is 2.39. The Morgan fingerprint density at radius 3 is 2.53 bits per heavy atom. The van der Waals surface area contributed by atoms with Gasteiger partial charge in [0.15, 0.2) is 17.3 Å². The van der Waals surface area contributed by atoms with E-state index < -0.39 is 5.97 Å². The van der Waals surface area contributed by atoms with Crippen LogP contribution in [0.3, 0.4) is 0 Å². The van der Waals surface area contributed by atoms with Crippen molar-refractivity contribution < 1.29 is 24.2 Å². The molecule has 0 saturated heterocycles. The summed E-state index contributed by atoms with van der Waals surface area (Å²) >= 11 is 0. The molecule has 1 rings (SSSR count). The van der Waals surface area contributed by atoms with Gasteiger partial charge in [-0.15, -0.1) is 0 Å². The number of carboxylic acids is 1. The van der Waals surface area contributed by atoms with E-state index in [9.17, 15) is 9.59 Å². The highest BCUT2D eigenvalue weighted by atomic mass is 16.5. The molecule has 0 unspecified atom stereocenters. The molecule has 5 heteroatoms. The molecule has 0 aliphatic carbocycles. The molecule has 0 radical (unpaired) electrons. The predicted octanol–water partition coefficient (Wildman–Crippen LogP) is 2.53. The molecule has 0 atom stereocenters. The van der Waals surface area contributed by atoms with Gasteiger partial charge in [0.2, 0.25) is 0 Å². The Bertz CT molecular complexity index is 453. The zero-order valence-corrected chi connectivity index (χ0v) is 11.1. The Hall–Kier alpha value is -2.04. The first kappa shape index (κ1) is 15.0. The standard InChI is InChI=1S/C14H18O5/c1-3-19-12-8-7-10(9-13(12)18-2)11(15)5-4-6-14(16)17/h7-9H,3-6H2,1-2H3,(H,16,17). The topological polar surface area (TPSA) is 72.8 Å². The van der Waals surface area contributed by atoms with Crippen LogP contribution in [0, 0.1) is 0 Å². The summed E-state index contributed by atoms with van der Waals surface area (Å²) in [4.78, 5) is 22.3. The molecular weight excluding hydrogens is 248 g/mol. The van der Waals surface area contributed by atoms with Crippen LogP contribution in [0.2, 0.25) is 0 Å². The second-order valence-corrected chi connectivity index (χ2v) is 3.97. The van der Waals surface area contributed by atoms with Gasteiger partial charge >= 0.3 is 5.97 Å². The normalized spacial score (nSPS) is 10.0. The maximum absolute atomic E-state index is 11.9. The molecule has 0 spiro atoms. The van der Waals surface area contributed by atoms with Gasteiger partial charge in [0, 0.05) is 18.4 Å². The number of hydrogen-bond donors (Lipinski definition) is 1. The van der Waals surface area contributed by atoms with Gasteiger partial charge in [0.25, 0.3) is 0 Å². The van der Waals surface area contributed by atoms with Crippen LogP contribution in [-0.4, -0.2) is 30.6 Å². The molecule has 0 amide bonds. The monoisotopic (exact) mass is 266 g/mol. The van der Waals surface area contributed by atoms with E-state index in [1.807, 2.05) is 6.92 Å². The zero-order valence-electron chi connectivity index (χ0n) is 11.1. The van der Waals surface area contributed by atoms with Crippen molar-refractivity contribution in [2.75, 3.05) is 13.7 Å². The minimum atomic E-state index is -0.892. The smallest absolute Gasteiger partial charge is 0.303 e. The third-order valence-electron chi connectivity index (χ3n) is 2.58. The number of carbonyl (C=O) groups is 2. The highest BCUT2D eigenvalue weighted by Gasteiger charge is 2.11. The fourth-order valence-electron chi connectivity index (χ4n) is 1.66. The number of ether oxygens (including phenoxy) is 2. The zero-order chi connectivity index (χ0) is 14.3. The van der Waals surface area contributed by atoms with Crippen LogP contribution in [-0.2, 0) is 4.79 Å². The Morgan fingerprint density at radius 1 is 1.21 bits per heavy atom. The van der Waals surface area contributed by atoms with E-state index in [0.717, 1.165) is 0 Å². The summed E-state index contributed by atoms with van der Waals surface area (Å²) in [6, 6.07) is 4.97. The number of methoxy groups -OCH3 is 1. The van der Waals surface area contributed by atoms with Gasteiger partial charge in [-0.1, -0.05) is 0 Å². The Labute approximate surface area is 112 Å². The van der Waals surface area contributed by atoms with Crippen molar-refractivity contribution >= 4 is 11.8 Å². The maximum Gasteiger partial charge on any atom is 0.303 e. The summed E-state index contributed by atoms with van der Waals surface area (Å²) < 4.78 is 10.5. The molecule has 19 heavy (non-hydrogen) atoms. The van der Waals surface area contributed by atoms with Crippen LogP contribution in [0.4, 0.5) is 0 Å². The highest BCUT2D eigenvalue weighted by molar-refractivity contribution is 5.96. The van der Waals surface area contributed by atoms with Crippen LogP contribution in [0.5, 0.6) is 11.5 Å². The van der Waals surface area contributed by atoms with E-state index in [1.165, 1.54) is 7.11 Å². The Balaban J connectivity index is 2.72. The minimum absolute atomic E-state index is 0.0000949. The maximum atomic E-state index is 11.9. The van der Waals surface area contributed by atoms with Crippen molar-refractivity contribution in [2.24, 2.45) is 0 Å². The Morgan fingerprint density at radius 2 is 1.95 bits per heavy atom. The summed E-state index contributed by atoms with van der Waals surface area (Å²) in [6.45, 7) is 2.38. The minimum Gasteiger partial charge on any atom is -0.493 e. The van der Waals surface area contributed by atoms with Gasteiger partial charge in [-0.25, -0.2) is 0 Å². The largest absolute Gasteiger partial charge is 0.493 e. The molecule has 0 aromatic heterocycles. The van der Waals surface area contributed by atoms with E-state index >= 15 is 0 Å². The lowest BCUT2D eigenvalue weighted by Crippen LogP contribution is -2.03. The summed E-state index contributed by atoms with van der Waals surface area (Å²) in [7, 11) is 1.51. The van der Waals surface area contributed by atoms with Gasteiger partial charge < -0.3 is 14.6 Å². The van der Waals surface area contributed by atoms with Crippen LogP contribution < -0.4 is 9.47 Å². The molecule has 1 aromatic carbocycles. The molecule has 0 saturated carbocycles. The first-order valence-corrected chi connectivity index (χ1v) is 6.14. The number of hydrogen-bond acceptors (Lipinski definition) is 4. The summed E-state index contributed by atoms with van der Waals surface area (Å²) in [6.07, 6.45) is 0.549. The van der Waals surface area contributed by atoms with Gasteiger partial charge in [-0.3, -0.25) is 9.59 Å². The fraction of sp³-hybridized carbons (Fsp3) is 0.429. The third-order valence-corrected chi connectivity index (χ3v) is 2.58. The van der Waals surface area contributed by atoms with Crippen molar-refractivity contribution in [1.29, 1.82) is 0 Å². The van der Waals surface area contributed by atoms with Crippen LogP contribution in [0.1, 0.15) is 36.5 Å². The SMILES string of the molecule is CCOc1ccc(C(=O)CCCC(=O)O)cc1OC. The van der Waals surface area contributed by atoms with Gasteiger partial charge in [0.1, 0.15) is 0 Å². The number of Topliss-reactive ketones (excluding diaryl/α,β-unsaturated/α-hetero) is 1. The van der Waals surface area contributed by atoms with E-state index in [0.29, 0.717) is 30.1 Å². The number of ketones is 1. The Kier molecular flexibility index (Phi) is 5.85. The van der Waals surface area contributed by atoms with E-state index in [-0.39, 0.29) is 18.6 Å². The van der Waals surface area contributed by atoms with E-state index in [2.05, 4.69) is 0 Å². The van der Waals surface area contributed by atoms with Crippen molar-refractivity contribution in [3.63, 3.8) is 0 Å². The molecule has 5 nitrogen and oxygen atoms in total. The van der Waals surface area contributed by atoms with Crippen LogP contribution >= 0.6 is 0 Å². The second-order valence-electron chi connectivity index (χ2n) is 3.97. The number of carbonyl (C=O) groups excluding carboxylic acids is 1. The molecule has 0 heterocycles. The van der Waals surface area contributed by atoms with E-state index in [1.54, 1.807) is 18.2 Å². The van der Waals surface area contributed by atoms with Crippen molar-refractivity contribution in [3.8, 4) is 11.5 Å². The lowest BCUT2D eigenvalue weighted by atomic mass is 10.0. The lowest BCUT2D eigenvalue weighted by Gasteiger charge is -2.10. The number of carboxylic acid groups (broad SMARTS) is 1. The number of rotatable bonds is 8. The lowest BCUT2D eigenvalue weighted by molar-refractivity contribution is -0.137. The highest BCUT2D eigenvalue weighted by Crippen LogP contribution is 2.28. The molecular formula is C14H18O5. The molecule has 0 aliphatic heterocycles. The van der Waals surface area contributed by atoms with Crippen molar-refractivity contribution in [1.82, 2.24) is 0 Å². The second kappa shape index (κ2) is 7.41. The quantitative estimate of drug-likeness (QED) is 0.732. The number of aliphatic carboxylic acids is 1. The average molecular weight is 266 g/mol. The fourth-order valence-corrected chi connectivity index (χ4v) is 1.66. The first-order valence-electron chi connectivity index (χ1n) is 6.14.